The van der Waals surface area contributed by atoms with Crippen molar-refractivity contribution in [1.29, 1.82) is 0 Å². The van der Waals surface area contributed by atoms with E-state index in [9.17, 15) is 4.79 Å². The number of benzene rings is 1. The molecule has 0 heterocycles. The number of rotatable bonds is 5. The van der Waals surface area contributed by atoms with Crippen LogP contribution in [0.15, 0.2) is 24.3 Å². The van der Waals surface area contributed by atoms with E-state index in [0.717, 1.165) is 18.5 Å². The molecule has 1 rings (SSSR count). The largest absolute Gasteiger partial charge is 0.326 e. The molecule has 1 N–H and O–H groups in total. The molecule has 0 aliphatic carbocycles. The predicted molar refractivity (Wildman–Crippen MR) is 73.2 cm³/mol. The SMILES string of the molecule is CCCC(C)C(=O)Nc1ccccc1C(C)C. The minimum Gasteiger partial charge on any atom is -0.326 e. The van der Waals surface area contributed by atoms with E-state index in [1.807, 2.05) is 25.1 Å². The molecule has 1 unspecified atom stereocenters. The van der Waals surface area contributed by atoms with Gasteiger partial charge in [0.2, 0.25) is 5.91 Å². The highest BCUT2D eigenvalue weighted by Gasteiger charge is 2.14. The van der Waals surface area contributed by atoms with Gasteiger partial charge in [0, 0.05) is 11.6 Å². The van der Waals surface area contributed by atoms with Gasteiger partial charge >= 0.3 is 0 Å². The van der Waals surface area contributed by atoms with Crippen LogP contribution in [0.3, 0.4) is 0 Å². The van der Waals surface area contributed by atoms with Crippen LogP contribution in [0.5, 0.6) is 0 Å². The van der Waals surface area contributed by atoms with Crippen molar-refractivity contribution in [2.45, 2.75) is 46.5 Å². The van der Waals surface area contributed by atoms with Crippen LogP contribution < -0.4 is 5.32 Å². The lowest BCUT2D eigenvalue weighted by Crippen LogP contribution is -2.21. The molecular weight excluding hydrogens is 210 g/mol. The molecule has 0 aliphatic heterocycles. The van der Waals surface area contributed by atoms with E-state index in [1.165, 1.54) is 5.56 Å². The monoisotopic (exact) mass is 233 g/mol. The van der Waals surface area contributed by atoms with Crippen LogP contribution in [-0.4, -0.2) is 5.91 Å². The summed E-state index contributed by atoms with van der Waals surface area (Å²) in [6, 6.07) is 8.03. The van der Waals surface area contributed by atoms with Gasteiger partial charge in [-0.25, -0.2) is 0 Å². The van der Waals surface area contributed by atoms with Crippen molar-refractivity contribution in [2.24, 2.45) is 5.92 Å². The summed E-state index contributed by atoms with van der Waals surface area (Å²) < 4.78 is 0. The fourth-order valence-electron chi connectivity index (χ4n) is 1.93. The first-order valence-electron chi connectivity index (χ1n) is 6.46. The van der Waals surface area contributed by atoms with Crippen molar-refractivity contribution >= 4 is 11.6 Å². The summed E-state index contributed by atoms with van der Waals surface area (Å²) in [6.07, 6.45) is 1.98. The number of amides is 1. The van der Waals surface area contributed by atoms with Gasteiger partial charge in [0.1, 0.15) is 0 Å². The van der Waals surface area contributed by atoms with E-state index in [0.29, 0.717) is 5.92 Å². The number of nitrogens with one attached hydrogen (secondary N) is 1. The van der Waals surface area contributed by atoms with Crippen LogP contribution in [0.1, 0.15) is 52.0 Å². The highest BCUT2D eigenvalue weighted by atomic mass is 16.1. The van der Waals surface area contributed by atoms with Crippen LogP contribution in [0.2, 0.25) is 0 Å². The number of carbonyl (C=O) groups excluding carboxylic acids is 1. The van der Waals surface area contributed by atoms with Crippen LogP contribution in [0.4, 0.5) is 5.69 Å². The van der Waals surface area contributed by atoms with Crippen molar-refractivity contribution in [2.75, 3.05) is 5.32 Å². The Morgan fingerprint density at radius 1 is 1.24 bits per heavy atom. The van der Waals surface area contributed by atoms with Gasteiger partial charge in [-0.15, -0.1) is 0 Å². The second-order valence-corrected chi connectivity index (χ2v) is 4.92. The van der Waals surface area contributed by atoms with Gasteiger partial charge in [0.25, 0.3) is 0 Å². The Balaban J connectivity index is 2.77. The zero-order chi connectivity index (χ0) is 12.8. The van der Waals surface area contributed by atoms with Gasteiger partial charge in [-0.05, 0) is 24.0 Å². The molecule has 0 spiro atoms. The van der Waals surface area contributed by atoms with E-state index in [1.54, 1.807) is 0 Å². The molecular formula is C15H23NO. The highest BCUT2D eigenvalue weighted by Crippen LogP contribution is 2.24. The molecule has 0 radical (unpaired) electrons. The molecule has 0 saturated carbocycles. The fourth-order valence-corrected chi connectivity index (χ4v) is 1.93. The molecule has 0 bridgehead atoms. The average Bonchev–Trinajstić information content (AvgIpc) is 2.29. The van der Waals surface area contributed by atoms with Gasteiger partial charge in [-0.2, -0.15) is 0 Å². The minimum atomic E-state index is 0.0835. The first-order valence-corrected chi connectivity index (χ1v) is 6.46. The Morgan fingerprint density at radius 3 is 2.47 bits per heavy atom. The third-order valence-corrected chi connectivity index (χ3v) is 3.01. The van der Waals surface area contributed by atoms with E-state index >= 15 is 0 Å². The molecule has 94 valence electrons. The Labute approximate surface area is 104 Å². The molecule has 0 aliphatic rings. The second kappa shape index (κ2) is 6.43. The third kappa shape index (κ3) is 3.88. The summed E-state index contributed by atoms with van der Waals surface area (Å²) in [5.74, 6) is 0.633. The lowest BCUT2D eigenvalue weighted by molar-refractivity contribution is -0.119. The van der Waals surface area contributed by atoms with Crippen LogP contribution in [-0.2, 0) is 4.79 Å². The highest BCUT2D eigenvalue weighted by molar-refractivity contribution is 5.93. The van der Waals surface area contributed by atoms with Gasteiger partial charge < -0.3 is 5.32 Å². The number of hydrogen-bond donors (Lipinski definition) is 1. The van der Waals surface area contributed by atoms with Crippen molar-refractivity contribution in [3.05, 3.63) is 29.8 Å². The molecule has 0 saturated heterocycles. The normalized spacial score (nSPS) is 12.5. The summed E-state index contributed by atoms with van der Waals surface area (Å²) >= 11 is 0. The molecule has 0 aromatic heterocycles. The smallest absolute Gasteiger partial charge is 0.227 e. The van der Waals surface area contributed by atoms with E-state index in [2.05, 4.69) is 32.2 Å². The van der Waals surface area contributed by atoms with Gasteiger partial charge in [0.15, 0.2) is 0 Å². The van der Waals surface area contributed by atoms with Gasteiger partial charge in [-0.1, -0.05) is 52.3 Å². The quantitative estimate of drug-likeness (QED) is 0.812. The molecule has 1 aromatic carbocycles. The van der Waals surface area contributed by atoms with E-state index in [-0.39, 0.29) is 11.8 Å². The molecule has 1 atom stereocenters. The summed E-state index contributed by atoms with van der Waals surface area (Å²) in [5.41, 5.74) is 2.15. The maximum absolute atomic E-state index is 12.0. The summed E-state index contributed by atoms with van der Waals surface area (Å²) in [4.78, 5) is 12.0. The zero-order valence-electron chi connectivity index (χ0n) is 11.3. The van der Waals surface area contributed by atoms with Crippen molar-refractivity contribution in [3.63, 3.8) is 0 Å². The second-order valence-electron chi connectivity index (χ2n) is 4.92. The van der Waals surface area contributed by atoms with E-state index < -0.39 is 0 Å². The molecule has 2 heteroatoms. The zero-order valence-corrected chi connectivity index (χ0v) is 11.3. The maximum atomic E-state index is 12.0. The lowest BCUT2D eigenvalue weighted by Gasteiger charge is -2.16. The van der Waals surface area contributed by atoms with Crippen molar-refractivity contribution in [1.82, 2.24) is 0 Å². The number of hydrogen-bond acceptors (Lipinski definition) is 1. The predicted octanol–water partition coefficient (Wildman–Crippen LogP) is 4.18. The van der Waals surface area contributed by atoms with Crippen LogP contribution in [0.25, 0.3) is 0 Å². The lowest BCUT2D eigenvalue weighted by atomic mass is 10.00. The van der Waals surface area contributed by atoms with Crippen LogP contribution >= 0.6 is 0 Å². The standard InChI is InChI=1S/C15H23NO/c1-5-8-12(4)15(17)16-14-10-7-6-9-13(14)11(2)3/h6-7,9-12H,5,8H2,1-4H3,(H,16,17). The summed E-state index contributed by atoms with van der Waals surface area (Å²) in [6.45, 7) is 8.36. The Hall–Kier alpha value is -1.31. The maximum Gasteiger partial charge on any atom is 0.227 e. The molecule has 1 aromatic rings. The Kier molecular flexibility index (Phi) is 5.20. The molecule has 1 amide bonds. The average molecular weight is 233 g/mol. The molecule has 17 heavy (non-hydrogen) atoms. The third-order valence-electron chi connectivity index (χ3n) is 3.01. The van der Waals surface area contributed by atoms with Gasteiger partial charge in [-0.3, -0.25) is 4.79 Å². The first kappa shape index (κ1) is 13.8. The van der Waals surface area contributed by atoms with Crippen molar-refractivity contribution in [3.8, 4) is 0 Å². The van der Waals surface area contributed by atoms with Crippen molar-refractivity contribution < 1.29 is 4.79 Å². The number of para-hydroxylation sites is 1. The minimum absolute atomic E-state index is 0.0835. The molecule has 2 nitrogen and oxygen atoms in total. The van der Waals surface area contributed by atoms with Crippen LogP contribution in [0, 0.1) is 5.92 Å². The van der Waals surface area contributed by atoms with E-state index in [4.69, 9.17) is 0 Å². The first-order chi connectivity index (χ1) is 8.06. The molecule has 0 fully saturated rings. The number of carbonyl (C=O) groups is 1. The Morgan fingerprint density at radius 2 is 1.88 bits per heavy atom. The fraction of sp³-hybridized carbons (Fsp3) is 0.533. The topological polar surface area (TPSA) is 29.1 Å². The summed E-state index contributed by atoms with van der Waals surface area (Å²) in [5, 5.41) is 3.04. The summed E-state index contributed by atoms with van der Waals surface area (Å²) in [7, 11) is 0. The van der Waals surface area contributed by atoms with Gasteiger partial charge in [0.05, 0.1) is 0 Å². The number of anilines is 1. The Bertz CT molecular complexity index is 371.